The average Bonchev–Trinajstić information content (AvgIpc) is 2.37. The van der Waals surface area contributed by atoms with Crippen LogP contribution in [0.4, 0.5) is 0 Å². The quantitative estimate of drug-likeness (QED) is 0.279. The maximum absolute atomic E-state index is 12.1. The Morgan fingerprint density at radius 2 is 1.10 bits per heavy atom. The van der Waals surface area contributed by atoms with Crippen molar-refractivity contribution in [3.8, 4) is 0 Å². The topological polar surface area (TPSA) is 35.5 Å². The molecule has 0 bridgehead atoms. The van der Waals surface area contributed by atoms with Crippen molar-refractivity contribution in [3.05, 3.63) is 0 Å². The van der Waals surface area contributed by atoms with Crippen molar-refractivity contribution < 1.29 is 13.6 Å². The summed E-state index contributed by atoms with van der Waals surface area (Å²) < 4.78 is 22.9. The van der Waals surface area contributed by atoms with Crippen LogP contribution in [0.25, 0.3) is 0 Å². The van der Waals surface area contributed by atoms with Gasteiger partial charge in [-0.15, -0.1) is 0 Å². The van der Waals surface area contributed by atoms with Gasteiger partial charge in [-0.3, -0.25) is 4.57 Å². The van der Waals surface area contributed by atoms with E-state index >= 15 is 0 Å². The molecule has 0 aliphatic rings. The lowest BCUT2D eigenvalue weighted by Gasteiger charge is -2.14. The van der Waals surface area contributed by atoms with Gasteiger partial charge in [-0.25, -0.2) is 0 Å². The van der Waals surface area contributed by atoms with E-state index in [1.807, 2.05) is 0 Å². The van der Waals surface area contributed by atoms with Crippen molar-refractivity contribution in [3.63, 3.8) is 0 Å². The van der Waals surface area contributed by atoms with Gasteiger partial charge >= 0.3 is 7.60 Å². The third kappa shape index (κ3) is 16.3. The van der Waals surface area contributed by atoms with E-state index in [0.29, 0.717) is 13.2 Å². The van der Waals surface area contributed by atoms with E-state index in [0.717, 1.165) is 37.5 Å². The van der Waals surface area contributed by atoms with E-state index in [1.165, 1.54) is 25.7 Å². The molecule has 0 radical (unpaired) electrons. The van der Waals surface area contributed by atoms with Crippen molar-refractivity contribution in [2.75, 3.05) is 19.9 Å². The summed E-state index contributed by atoms with van der Waals surface area (Å²) in [5.74, 6) is 1.53. The van der Waals surface area contributed by atoms with Crippen molar-refractivity contribution in [2.45, 2.75) is 79.1 Å². The molecule has 0 saturated carbocycles. The lowest BCUT2D eigenvalue weighted by molar-refractivity contribution is 0.201. The second-order valence-corrected chi connectivity index (χ2v) is 8.98. The van der Waals surface area contributed by atoms with Crippen LogP contribution in [-0.2, 0) is 13.6 Å². The van der Waals surface area contributed by atoms with Crippen LogP contribution in [0.2, 0.25) is 0 Å². The SMILES string of the molecule is CC(C)CCCCCOP(C)(=O)OCCCCCC(C)C. The molecule has 0 aliphatic carbocycles. The Kier molecular flexibility index (Phi) is 12.8. The van der Waals surface area contributed by atoms with Gasteiger partial charge in [-0.1, -0.05) is 66.2 Å². The normalized spacial score (nSPS) is 12.5. The van der Waals surface area contributed by atoms with Gasteiger partial charge in [-0.05, 0) is 24.7 Å². The standard InChI is InChI=1S/C17H37O3P/c1-16(2)12-8-6-10-14-19-21(5,18)20-15-11-7-9-13-17(3)4/h16-17H,6-15H2,1-5H3. The monoisotopic (exact) mass is 320 g/mol. The fourth-order valence-corrected chi connectivity index (χ4v) is 3.16. The molecule has 0 amide bonds. The number of hydrogen-bond acceptors (Lipinski definition) is 3. The van der Waals surface area contributed by atoms with Crippen LogP contribution in [0.3, 0.4) is 0 Å². The maximum Gasteiger partial charge on any atom is 0.327 e. The molecule has 0 spiro atoms. The van der Waals surface area contributed by atoms with E-state index in [1.54, 1.807) is 6.66 Å². The Labute approximate surface area is 132 Å². The van der Waals surface area contributed by atoms with E-state index in [-0.39, 0.29) is 0 Å². The van der Waals surface area contributed by atoms with Crippen LogP contribution in [0.5, 0.6) is 0 Å². The highest BCUT2D eigenvalue weighted by molar-refractivity contribution is 7.52. The van der Waals surface area contributed by atoms with Gasteiger partial charge in [-0.2, -0.15) is 0 Å². The molecule has 4 heteroatoms. The van der Waals surface area contributed by atoms with Gasteiger partial charge in [0.2, 0.25) is 0 Å². The summed E-state index contributed by atoms with van der Waals surface area (Å²) in [7, 11) is -2.83. The van der Waals surface area contributed by atoms with Gasteiger partial charge in [0.25, 0.3) is 0 Å². The largest absolute Gasteiger partial charge is 0.327 e. The fourth-order valence-electron chi connectivity index (χ4n) is 2.16. The summed E-state index contributed by atoms with van der Waals surface area (Å²) in [6.07, 6.45) is 9.22. The fraction of sp³-hybridized carbons (Fsp3) is 1.00. The van der Waals surface area contributed by atoms with Gasteiger partial charge in [0, 0.05) is 6.66 Å². The molecule has 0 aliphatic heterocycles. The molecule has 3 nitrogen and oxygen atoms in total. The first kappa shape index (κ1) is 21.1. The van der Waals surface area contributed by atoms with Crippen molar-refractivity contribution in [2.24, 2.45) is 11.8 Å². The van der Waals surface area contributed by atoms with Crippen molar-refractivity contribution >= 4 is 7.60 Å². The highest BCUT2D eigenvalue weighted by Crippen LogP contribution is 2.44. The summed E-state index contributed by atoms with van der Waals surface area (Å²) in [5, 5.41) is 0. The number of unbranched alkanes of at least 4 members (excludes halogenated alkanes) is 4. The van der Waals surface area contributed by atoms with Crippen LogP contribution in [-0.4, -0.2) is 19.9 Å². The van der Waals surface area contributed by atoms with Crippen LogP contribution >= 0.6 is 7.60 Å². The number of rotatable bonds is 14. The molecule has 0 rings (SSSR count). The van der Waals surface area contributed by atoms with Crippen LogP contribution in [0, 0.1) is 11.8 Å². The molecule has 21 heavy (non-hydrogen) atoms. The Bertz CT molecular complexity index is 253. The lowest BCUT2D eigenvalue weighted by atomic mass is 10.1. The summed E-state index contributed by atoms with van der Waals surface area (Å²) >= 11 is 0. The molecule has 0 heterocycles. The third-order valence-electron chi connectivity index (χ3n) is 3.50. The zero-order valence-corrected chi connectivity index (χ0v) is 15.8. The van der Waals surface area contributed by atoms with Crippen molar-refractivity contribution in [1.82, 2.24) is 0 Å². The highest BCUT2D eigenvalue weighted by atomic mass is 31.2. The average molecular weight is 320 g/mol. The minimum atomic E-state index is -2.83. The predicted octanol–water partition coefficient (Wildman–Crippen LogP) is 6.28. The first-order chi connectivity index (χ1) is 9.83. The molecule has 128 valence electrons. The zero-order chi connectivity index (χ0) is 16.1. The first-order valence-corrected chi connectivity index (χ1v) is 10.7. The van der Waals surface area contributed by atoms with Crippen LogP contribution in [0.1, 0.15) is 79.1 Å². The van der Waals surface area contributed by atoms with Gasteiger partial charge < -0.3 is 9.05 Å². The molecule has 0 aromatic carbocycles. The van der Waals surface area contributed by atoms with E-state index in [9.17, 15) is 4.57 Å². The molecular formula is C17H37O3P. The Hall–Kier alpha value is 0.150. The second-order valence-electron chi connectivity index (χ2n) is 6.92. The predicted molar refractivity (Wildman–Crippen MR) is 92.0 cm³/mol. The minimum Gasteiger partial charge on any atom is -0.309 e. The molecule has 0 aromatic rings. The van der Waals surface area contributed by atoms with E-state index < -0.39 is 7.60 Å². The zero-order valence-electron chi connectivity index (χ0n) is 14.9. The molecule has 0 atom stereocenters. The minimum absolute atomic E-state index is 0.555. The summed E-state index contributed by atoms with van der Waals surface area (Å²) in [6.45, 7) is 11.7. The van der Waals surface area contributed by atoms with Crippen LogP contribution < -0.4 is 0 Å². The van der Waals surface area contributed by atoms with Gasteiger partial charge in [0.1, 0.15) is 0 Å². The summed E-state index contributed by atoms with van der Waals surface area (Å²) in [6, 6.07) is 0. The highest BCUT2D eigenvalue weighted by Gasteiger charge is 2.15. The summed E-state index contributed by atoms with van der Waals surface area (Å²) in [5.41, 5.74) is 0. The van der Waals surface area contributed by atoms with E-state index in [4.69, 9.17) is 9.05 Å². The molecule has 0 unspecified atom stereocenters. The van der Waals surface area contributed by atoms with Gasteiger partial charge in [0.05, 0.1) is 13.2 Å². The lowest BCUT2D eigenvalue weighted by Crippen LogP contribution is -1.99. The maximum atomic E-state index is 12.1. The molecule has 0 aromatic heterocycles. The molecule has 0 fully saturated rings. The van der Waals surface area contributed by atoms with Crippen molar-refractivity contribution in [1.29, 1.82) is 0 Å². The summed E-state index contributed by atoms with van der Waals surface area (Å²) in [4.78, 5) is 0. The Morgan fingerprint density at radius 1 is 0.714 bits per heavy atom. The Morgan fingerprint density at radius 3 is 1.43 bits per heavy atom. The Balaban J connectivity index is 3.45. The molecular weight excluding hydrogens is 283 g/mol. The molecule has 0 saturated heterocycles. The second kappa shape index (κ2) is 12.7. The smallest absolute Gasteiger partial charge is 0.309 e. The van der Waals surface area contributed by atoms with Gasteiger partial charge in [0.15, 0.2) is 0 Å². The van der Waals surface area contributed by atoms with Crippen LogP contribution in [0.15, 0.2) is 0 Å². The third-order valence-corrected chi connectivity index (χ3v) is 4.81. The first-order valence-electron chi connectivity index (χ1n) is 8.70. The number of hydrogen-bond donors (Lipinski definition) is 0. The van der Waals surface area contributed by atoms with E-state index in [2.05, 4.69) is 27.7 Å². The molecule has 0 N–H and O–H groups in total.